The van der Waals surface area contributed by atoms with Gasteiger partial charge in [-0.2, -0.15) is 4.98 Å². The summed E-state index contributed by atoms with van der Waals surface area (Å²) in [6.45, 7) is 11.5. The van der Waals surface area contributed by atoms with E-state index in [1.165, 1.54) is 0 Å². The summed E-state index contributed by atoms with van der Waals surface area (Å²) in [5.41, 5.74) is -0.0806. The molecule has 1 aromatic rings. The molecular formula is C13H23N3O. The van der Waals surface area contributed by atoms with Crippen LogP contribution in [0.4, 0.5) is 5.82 Å². The Labute approximate surface area is 104 Å². The Bertz CT molecular complexity index is 369. The monoisotopic (exact) mass is 237 g/mol. The molecule has 0 bridgehead atoms. The molecule has 0 amide bonds. The molecule has 4 nitrogen and oxygen atoms in total. The van der Waals surface area contributed by atoms with Gasteiger partial charge in [-0.3, -0.25) is 0 Å². The van der Waals surface area contributed by atoms with Gasteiger partial charge in [-0.15, -0.1) is 0 Å². The fourth-order valence-corrected chi connectivity index (χ4v) is 1.26. The molecule has 0 saturated heterocycles. The number of rotatable bonds is 4. The standard InChI is InChI=1S/C13H23N3O/c1-9(2)8-14-10-7-11(17-6)16-12(15-10)13(3,4)5/h7,9H,8H2,1-6H3,(H,14,15,16). The van der Waals surface area contributed by atoms with Gasteiger partial charge in [-0.1, -0.05) is 34.6 Å². The number of anilines is 1. The topological polar surface area (TPSA) is 47.0 Å². The van der Waals surface area contributed by atoms with Crippen LogP contribution in [0.5, 0.6) is 5.88 Å². The van der Waals surface area contributed by atoms with Gasteiger partial charge in [0.05, 0.1) is 7.11 Å². The van der Waals surface area contributed by atoms with Gasteiger partial charge in [0.2, 0.25) is 5.88 Å². The summed E-state index contributed by atoms with van der Waals surface area (Å²) in [7, 11) is 1.63. The van der Waals surface area contributed by atoms with Crippen molar-refractivity contribution in [3.63, 3.8) is 0 Å². The van der Waals surface area contributed by atoms with E-state index in [9.17, 15) is 0 Å². The van der Waals surface area contributed by atoms with Crippen LogP contribution in [0, 0.1) is 5.92 Å². The van der Waals surface area contributed by atoms with E-state index in [2.05, 4.69) is 49.9 Å². The number of aromatic nitrogens is 2. The Kier molecular flexibility index (Phi) is 4.32. The molecule has 0 spiro atoms. The van der Waals surface area contributed by atoms with Gasteiger partial charge in [0.15, 0.2) is 0 Å². The number of ether oxygens (including phenoxy) is 1. The summed E-state index contributed by atoms with van der Waals surface area (Å²) < 4.78 is 5.21. The summed E-state index contributed by atoms with van der Waals surface area (Å²) in [5.74, 6) is 2.81. The van der Waals surface area contributed by atoms with Gasteiger partial charge in [-0.05, 0) is 5.92 Å². The quantitative estimate of drug-likeness (QED) is 0.874. The zero-order chi connectivity index (χ0) is 13.1. The van der Waals surface area contributed by atoms with Crippen molar-refractivity contribution in [2.45, 2.75) is 40.0 Å². The van der Waals surface area contributed by atoms with Crippen molar-refractivity contribution in [1.29, 1.82) is 0 Å². The van der Waals surface area contributed by atoms with Crippen LogP contribution >= 0.6 is 0 Å². The van der Waals surface area contributed by atoms with E-state index < -0.39 is 0 Å². The molecule has 96 valence electrons. The third kappa shape index (κ3) is 4.21. The normalized spacial score (nSPS) is 11.7. The molecule has 0 aliphatic heterocycles. The molecule has 0 atom stereocenters. The Morgan fingerprint density at radius 1 is 1.29 bits per heavy atom. The van der Waals surface area contributed by atoms with Crippen LogP contribution in [0.15, 0.2) is 6.07 Å². The molecule has 0 aliphatic rings. The average molecular weight is 237 g/mol. The maximum Gasteiger partial charge on any atom is 0.218 e. The second-order valence-electron chi connectivity index (χ2n) is 5.64. The first kappa shape index (κ1) is 13.7. The molecule has 0 unspecified atom stereocenters. The lowest BCUT2D eigenvalue weighted by Gasteiger charge is -2.18. The molecule has 1 heterocycles. The summed E-state index contributed by atoms with van der Waals surface area (Å²) in [4.78, 5) is 8.90. The summed E-state index contributed by atoms with van der Waals surface area (Å²) in [6, 6.07) is 1.83. The average Bonchev–Trinajstić information content (AvgIpc) is 2.24. The van der Waals surface area contributed by atoms with Gasteiger partial charge in [0.25, 0.3) is 0 Å². The highest BCUT2D eigenvalue weighted by Crippen LogP contribution is 2.23. The van der Waals surface area contributed by atoms with E-state index in [0.717, 1.165) is 18.2 Å². The van der Waals surface area contributed by atoms with Gasteiger partial charge in [-0.25, -0.2) is 4.98 Å². The van der Waals surface area contributed by atoms with Crippen molar-refractivity contribution < 1.29 is 4.74 Å². The number of hydrogen-bond donors (Lipinski definition) is 1. The third-order valence-corrected chi connectivity index (χ3v) is 2.27. The molecule has 17 heavy (non-hydrogen) atoms. The maximum absolute atomic E-state index is 5.21. The summed E-state index contributed by atoms with van der Waals surface area (Å²) in [6.07, 6.45) is 0. The lowest BCUT2D eigenvalue weighted by molar-refractivity contribution is 0.389. The first-order valence-electron chi connectivity index (χ1n) is 6.00. The molecule has 0 aliphatic carbocycles. The highest BCUT2D eigenvalue weighted by atomic mass is 16.5. The largest absolute Gasteiger partial charge is 0.481 e. The van der Waals surface area contributed by atoms with Crippen molar-refractivity contribution in [3.8, 4) is 5.88 Å². The van der Waals surface area contributed by atoms with Gasteiger partial charge in [0, 0.05) is 18.0 Å². The van der Waals surface area contributed by atoms with Gasteiger partial charge in [0.1, 0.15) is 11.6 Å². The van der Waals surface area contributed by atoms with Crippen molar-refractivity contribution in [1.82, 2.24) is 9.97 Å². The van der Waals surface area contributed by atoms with Crippen molar-refractivity contribution in [3.05, 3.63) is 11.9 Å². The molecule has 1 aromatic heterocycles. The van der Waals surface area contributed by atoms with Gasteiger partial charge < -0.3 is 10.1 Å². The Balaban J connectivity index is 2.97. The number of nitrogens with zero attached hydrogens (tertiary/aromatic N) is 2. The number of hydrogen-bond acceptors (Lipinski definition) is 4. The first-order valence-corrected chi connectivity index (χ1v) is 6.00. The molecule has 0 radical (unpaired) electrons. The molecule has 1 N–H and O–H groups in total. The smallest absolute Gasteiger partial charge is 0.218 e. The van der Waals surface area contributed by atoms with Crippen molar-refractivity contribution in [2.24, 2.45) is 5.92 Å². The van der Waals surface area contributed by atoms with Crippen molar-refractivity contribution in [2.75, 3.05) is 19.0 Å². The molecule has 4 heteroatoms. The van der Waals surface area contributed by atoms with Crippen LogP contribution in [0.2, 0.25) is 0 Å². The minimum atomic E-state index is -0.0806. The molecule has 0 saturated carbocycles. The van der Waals surface area contributed by atoms with E-state index in [0.29, 0.717) is 11.8 Å². The zero-order valence-corrected chi connectivity index (χ0v) is 11.7. The lowest BCUT2D eigenvalue weighted by atomic mass is 9.96. The van der Waals surface area contributed by atoms with E-state index in [1.54, 1.807) is 7.11 Å². The molecular weight excluding hydrogens is 214 g/mol. The number of nitrogens with one attached hydrogen (secondary N) is 1. The van der Waals surface area contributed by atoms with Crippen LogP contribution in [0.3, 0.4) is 0 Å². The second-order valence-corrected chi connectivity index (χ2v) is 5.64. The van der Waals surface area contributed by atoms with Gasteiger partial charge >= 0.3 is 0 Å². The SMILES string of the molecule is COc1cc(NCC(C)C)nc(C(C)(C)C)n1. The number of methoxy groups -OCH3 is 1. The zero-order valence-electron chi connectivity index (χ0n) is 11.7. The highest BCUT2D eigenvalue weighted by molar-refractivity contribution is 5.39. The van der Waals surface area contributed by atoms with E-state index in [-0.39, 0.29) is 5.41 Å². The molecule has 0 aromatic carbocycles. The van der Waals surface area contributed by atoms with Crippen LogP contribution in [0.1, 0.15) is 40.4 Å². The third-order valence-electron chi connectivity index (χ3n) is 2.27. The van der Waals surface area contributed by atoms with Crippen LogP contribution < -0.4 is 10.1 Å². The predicted molar refractivity (Wildman–Crippen MR) is 70.6 cm³/mol. The Hall–Kier alpha value is -1.32. The first-order chi connectivity index (χ1) is 7.82. The summed E-state index contributed by atoms with van der Waals surface area (Å²) in [5, 5.41) is 3.30. The van der Waals surface area contributed by atoms with Crippen LogP contribution in [-0.2, 0) is 5.41 Å². The van der Waals surface area contributed by atoms with E-state index in [1.807, 2.05) is 6.07 Å². The molecule has 1 rings (SSSR count). The minimum absolute atomic E-state index is 0.0806. The van der Waals surface area contributed by atoms with E-state index >= 15 is 0 Å². The molecule has 0 fully saturated rings. The van der Waals surface area contributed by atoms with E-state index in [4.69, 9.17) is 4.74 Å². The fourth-order valence-electron chi connectivity index (χ4n) is 1.26. The minimum Gasteiger partial charge on any atom is -0.481 e. The van der Waals surface area contributed by atoms with Crippen molar-refractivity contribution >= 4 is 5.82 Å². The Morgan fingerprint density at radius 3 is 2.41 bits per heavy atom. The fraction of sp³-hybridized carbons (Fsp3) is 0.692. The summed E-state index contributed by atoms with van der Waals surface area (Å²) >= 11 is 0. The highest BCUT2D eigenvalue weighted by Gasteiger charge is 2.19. The van der Waals surface area contributed by atoms with Crippen LogP contribution in [-0.4, -0.2) is 23.6 Å². The predicted octanol–water partition coefficient (Wildman–Crippen LogP) is 2.85. The second kappa shape index (κ2) is 5.34. The van der Waals surface area contributed by atoms with Crippen LogP contribution in [0.25, 0.3) is 0 Å². The lowest BCUT2D eigenvalue weighted by Crippen LogP contribution is -2.18. The maximum atomic E-state index is 5.21. The Morgan fingerprint density at radius 2 is 1.94 bits per heavy atom.